The van der Waals surface area contributed by atoms with Gasteiger partial charge in [0, 0.05) is 11.8 Å². The molecule has 0 spiro atoms. The molecule has 0 bridgehead atoms. The Balaban J connectivity index is 1.64. The first-order valence-electron chi connectivity index (χ1n) is 10.8. The van der Waals surface area contributed by atoms with E-state index in [1.54, 1.807) is 19.1 Å². The van der Waals surface area contributed by atoms with E-state index in [-0.39, 0.29) is 25.4 Å². The van der Waals surface area contributed by atoms with Crippen LogP contribution in [-0.2, 0) is 27.9 Å². The number of aromatic nitrogens is 1. The van der Waals surface area contributed by atoms with E-state index in [2.05, 4.69) is 15.8 Å². The lowest BCUT2D eigenvalue weighted by Gasteiger charge is -2.44. The van der Waals surface area contributed by atoms with Crippen LogP contribution in [0.2, 0.25) is 0 Å². The lowest BCUT2D eigenvalue weighted by atomic mass is 9.86. The normalized spacial score (nSPS) is 18.6. The summed E-state index contributed by atoms with van der Waals surface area (Å²) in [5.74, 6) is 0.172. The van der Waals surface area contributed by atoms with Crippen molar-refractivity contribution in [2.75, 3.05) is 13.2 Å². The molecule has 0 radical (unpaired) electrons. The first-order valence-corrected chi connectivity index (χ1v) is 12.0. The molecule has 2 fully saturated rings. The molecule has 32 heavy (non-hydrogen) atoms. The second-order valence-corrected chi connectivity index (χ2v) is 11.6. The monoisotopic (exact) mass is 458 g/mol. The highest BCUT2D eigenvalue weighted by Gasteiger charge is 2.46. The average molecular weight is 459 g/mol. The van der Waals surface area contributed by atoms with Crippen molar-refractivity contribution in [3.05, 3.63) is 58.4 Å². The van der Waals surface area contributed by atoms with Crippen LogP contribution in [0.15, 0.2) is 30.5 Å². The molecule has 2 aromatic rings. The summed E-state index contributed by atoms with van der Waals surface area (Å²) in [4.78, 5) is 16.3. The lowest BCUT2D eigenvalue weighted by Crippen LogP contribution is -2.60. The fourth-order valence-electron chi connectivity index (χ4n) is 3.64. The predicted octanol–water partition coefficient (Wildman–Crippen LogP) is 3.82. The largest absolute Gasteiger partial charge is 0.487 e. The number of pyridine rings is 1. The number of nitrogens with one attached hydrogen (secondary N) is 1. The topological polar surface area (TPSA) is 97.8 Å². The van der Waals surface area contributed by atoms with E-state index in [1.165, 1.54) is 18.4 Å². The number of carboxylic acid groups (broad SMARTS) is 1. The van der Waals surface area contributed by atoms with Gasteiger partial charge in [0.05, 0.1) is 40.2 Å². The van der Waals surface area contributed by atoms with Crippen LogP contribution in [0.1, 0.15) is 72.3 Å². The Morgan fingerprint density at radius 1 is 1.31 bits per heavy atom. The Hall–Kier alpha value is -2.29. The molecule has 2 heterocycles. The van der Waals surface area contributed by atoms with E-state index < -0.39 is 27.2 Å². The molecule has 0 amide bonds. The van der Waals surface area contributed by atoms with Gasteiger partial charge >= 0.3 is 5.97 Å². The van der Waals surface area contributed by atoms with Gasteiger partial charge in [0.15, 0.2) is 0 Å². The van der Waals surface area contributed by atoms with Crippen LogP contribution in [0.4, 0.5) is 0 Å². The molecule has 2 N–H and O–H groups in total. The van der Waals surface area contributed by atoms with E-state index in [0.29, 0.717) is 22.8 Å². The third-order valence-electron chi connectivity index (χ3n) is 5.89. The van der Waals surface area contributed by atoms with Crippen molar-refractivity contribution in [3.63, 3.8) is 0 Å². The zero-order valence-electron chi connectivity index (χ0n) is 18.9. The van der Waals surface area contributed by atoms with E-state index in [0.717, 1.165) is 5.69 Å². The van der Waals surface area contributed by atoms with Crippen LogP contribution in [-0.4, -0.2) is 38.2 Å². The van der Waals surface area contributed by atoms with Gasteiger partial charge in [-0.1, -0.05) is 6.07 Å². The predicted molar refractivity (Wildman–Crippen MR) is 122 cm³/mol. The van der Waals surface area contributed by atoms with Gasteiger partial charge in [-0.3, -0.25) is 4.98 Å². The molecule has 7 nitrogen and oxygen atoms in total. The second kappa shape index (κ2) is 8.57. The van der Waals surface area contributed by atoms with Crippen LogP contribution < -0.4 is 9.46 Å². The summed E-state index contributed by atoms with van der Waals surface area (Å²) in [5, 5.41) is 9.67. The van der Waals surface area contributed by atoms with Crippen molar-refractivity contribution in [3.8, 4) is 5.75 Å². The van der Waals surface area contributed by atoms with Crippen molar-refractivity contribution < 1.29 is 23.6 Å². The third kappa shape index (κ3) is 4.72. The molecule has 1 unspecified atom stereocenters. The van der Waals surface area contributed by atoms with Gasteiger partial charge in [-0.25, -0.2) is 13.7 Å². The molecule has 1 atom stereocenters. The summed E-state index contributed by atoms with van der Waals surface area (Å²) in [7, 11) is -1.37. The number of hydrogen-bond donors (Lipinski definition) is 2. The molecule has 172 valence electrons. The van der Waals surface area contributed by atoms with Gasteiger partial charge in [-0.05, 0) is 75.8 Å². The van der Waals surface area contributed by atoms with E-state index in [9.17, 15) is 14.1 Å². The summed E-state index contributed by atoms with van der Waals surface area (Å²) >= 11 is 0. The van der Waals surface area contributed by atoms with E-state index in [1.807, 2.05) is 33.0 Å². The van der Waals surface area contributed by atoms with E-state index >= 15 is 0 Å². The molecule has 1 saturated heterocycles. The maximum atomic E-state index is 12.9. The first-order chi connectivity index (χ1) is 15.1. The molecular formula is C24H30N2O5S. The maximum Gasteiger partial charge on any atom is 0.335 e. The smallest absolute Gasteiger partial charge is 0.335 e. The van der Waals surface area contributed by atoms with Gasteiger partial charge in [-0.2, -0.15) is 0 Å². The summed E-state index contributed by atoms with van der Waals surface area (Å²) in [5.41, 5.74) is 2.70. The number of aryl methyl sites for hydroxylation is 1. The number of rotatable bonds is 8. The molecule has 1 aliphatic carbocycles. The molecule has 1 aliphatic heterocycles. The molecule has 8 heteroatoms. The summed E-state index contributed by atoms with van der Waals surface area (Å²) in [6.07, 6.45) is 4.36. The Morgan fingerprint density at radius 2 is 2.03 bits per heavy atom. The number of carboxylic acids is 1. The molecule has 1 aromatic carbocycles. The highest BCUT2D eigenvalue weighted by molar-refractivity contribution is 7.84. The quantitative estimate of drug-likeness (QED) is 0.624. The molecule has 1 saturated carbocycles. The highest BCUT2D eigenvalue weighted by Crippen LogP contribution is 2.40. The molecule has 1 aromatic heterocycles. The van der Waals surface area contributed by atoms with Crippen molar-refractivity contribution >= 4 is 17.0 Å². The number of carbonyl (C=O) groups is 1. The first kappa shape index (κ1) is 22.9. The maximum absolute atomic E-state index is 12.9. The molecule has 2 aliphatic rings. The number of hydrogen-bond acceptors (Lipinski definition) is 5. The van der Waals surface area contributed by atoms with Gasteiger partial charge in [-0.15, -0.1) is 0 Å². The molecule has 4 rings (SSSR count). The van der Waals surface area contributed by atoms with Gasteiger partial charge < -0.3 is 14.6 Å². The number of ether oxygens (including phenoxy) is 2. The van der Waals surface area contributed by atoms with Crippen LogP contribution in [0.3, 0.4) is 0 Å². The zero-order valence-corrected chi connectivity index (χ0v) is 19.8. The fourth-order valence-corrected chi connectivity index (χ4v) is 4.53. The van der Waals surface area contributed by atoms with Crippen molar-refractivity contribution in [1.82, 2.24) is 9.71 Å². The Morgan fingerprint density at radius 3 is 2.53 bits per heavy atom. The standard InChI is InChI=1S/C24H30N2O5S/c1-15-9-21(31-12-18-8-7-17(11-25-18)16-5-6-16)20(10-19(15)22(27)28)24(13-30-14-24)26-32(29)23(2,3)4/h7-11,16,26H,5-6,12-14H2,1-4H3,(H,27,28). The Kier molecular flexibility index (Phi) is 6.13. The van der Waals surface area contributed by atoms with Crippen LogP contribution in [0, 0.1) is 6.92 Å². The van der Waals surface area contributed by atoms with Crippen molar-refractivity contribution in [1.29, 1.82) is 0 Å². The Labute approximate surface area is 191 Å². The number of benzene rings is 1. The fraction of sp³-hybridized carbons (Fsp3) is 0.500. The van der Waals surface area contributed by atoms with Crippen molar-refractivity contribution in [2.24, 2.45) is 0 Å². The van der Waals surface area contributed by atoms with Crippen LogP contribution in [0.5, 0.6) is 5.75 Å². The molecular weight excluding hydrogens is 428 g/mol. The average Bonchev–Trinajstić information content (AvgIpc) is 3.54. The van der Waals surface area contributed by atoms with Crippen LogP contribution >= 0.6 is 0 Å². The Bertz CT molecular complexity index is 1040. The third-order valence-corrected chi connectivity index (χ3v) is 7.57. The highest BCUT2D eigenvalue weighted by atomic mass is 32.2. The minimum absolute atomic E-state index is 0.189. The zero-order chi connectivity index (χ0) is 23.1. The SMILES string of the molecule is Cc1cc(OCc2ccc(C3CC3)cn2)c(C2(NS(=O)C(C)(C)C)COC2)cc1C(=O)O. The second-order valence-electron chi connectivity index (χ2n) is 9.67. The number of nitrogens with zero attached hydrogens (tertiary/aromatic N) is 1. The van der Waals surface area contributed by atoms with Crippen molar-refractivity contribution in [2.45, 2.75) is 63.3 Å². The number of aromatic carboxylic acids is 1. The van der Waals surface area contributed by atoms with Crippen LogP contribution in [0.25, 0.3) is 0 Å². The minimum atomic E-state index is -1.37. The minimum Gasteiger partial charge on any atom is -0.487 e. The van der Waals surface area contributed by atoms with Gasteiger partial charge in [0.2, 0.25) is 0 Å². The summed E-state index contributed by atoms with van der Waals surface area (Å²) in [6, 6.07) is 7.42. The van der Waals surface area contributed by atoms with Gasteiger partial charge in [0.25, 0.3) is 0 Å². The van der Waals surface area contributed by atoms with E-state index in [4.69, 9.17) is 9.47 Å². The lowest BCUT2D eigenvalue weighted by molar-refractivity contribution is -0.0671. The summed E-state index contributed by atoms with van der Waals surface area (Å²) < 4.78 is 27.2. The summed E-state index contributed by atoms with van der Waals surface area (Å²) in [6.45, 7) is 8.21. The van der Waals surface area contributed by atoms with Gasteiger partial charge in [0.1, 0.15) is 17.9 Å².